The fraction of sp³-hybridized carbons (Fsp3) is 0.571. The van der Waals surface area contributed by atoms with Gasteiger partial charge in [0.25, 0.3) is 0 Å². The summed E-state index contributed by atoms with van der Waals surface area (Å²) in [7, 11) is 0. The van der Waals surface area contributed by atoms with Gasteiger partial charge in [-0.1, -0.05) is 6.07 Å². The molecule has 0 fully saturated rings. The summed E-state index contributed by atoms with van der Waals surface area (Å²) in [5, 5.41) is 9.01. The van der Waals surface area contributed by atoms with E-state index in [0.29, 0.717) is 32.0 Å². The van der Waals surface area contributed by atoms with E-state index in [0.717, 1.165) is 6.07 Å². The van der Waals surface area contributed by atoms with E-state index in [9.17, 15) is 13.2 Å². The van der Waals surface area contributed by atoms with E-state index in [2.05, 4.69) is 0 Å². The topological polar surface area (TPSA) is 32.7 Å². The average molecular weight is 291 g/mol. The van der Waals surface area contributed by atoms with E-state index in [1.807, 2.05) is 18.7 Å². The van der Waals surface area contributed by atoms with Crippen LogP contribution in [0.3, 0.4) is 0 Å². The minimum Gasteiger partial charge on any atom is -0.392 e. The van der Waals surface area contributed by atoms with Gasteiger partial charge in [0.05, 0.1) is 18.8 Å². The summed E-state index contributed by atoms with van der Waals surface area (Å²) in [6, 6.07) is 4.00. The molecule has 0 aliphatic heterocycles. The Labute approximate surface area is 117 Å². The van der Waals surface area contributed by atoms with Gasteiger partial charge in [-0.05, 0) is 31.5 Å². The number of rotatable bonds is 7. The second-order valence-corrected chi connectivity index (χ2v) is 4.27. The molecule has 0 spiro atoms. The highest BCUT2D eigenvalue weighted by molar-refractivity contribution is 5.51. The van der Waals surface area contributed by atoms with Crippen molar-refractivity contribution in [1.29, 1.82) is 0 Å². The molecule has 0 amide bonds. The molecule has 0 bridgehead atoms. The third-order valence-corrected chi connectivity index (χ3v) is 3.03. The number of alkyl halides is 3. The number of hydrogen-bond acceptors (Lipinski definition) is 3. The molecule has 6 heteroatoms. The number of aliphatic hydroxyl groups is 1. The van der Waals surface area contributed by atoms with Gasteiger partial charge >= 0.3 is 6.18 Å². The molecule has 1 rings (SSSR count). The highest BCUT2D eigenvalue weighted by atomic mass is 19.4. The van der Waals surface area contributed by atoms with Gasteiger partial charge in [0.2, 0.25) is 0 Å². The molecule has 0 aliphatic carbocycles. The Balaban J connectivity index is 2.99. The van der Waals surface area contributed by atoms with E-state index < -0.39 is 18.3 Å². The summed E-state index contributed by atoms with van der Waals surface area (Å²) in [5.74, 6) is 0. The smallest absolute Gasteiger partial charge is 0.392 e. The molecule has 0 aliphatic rings. The molecule has 1 aromatic carbocycles. The van der Waals surface area contributed by atoms with Gasteiger partial charge in [-0.3, -0.25) is 0 Å². The number of likely N-dealkylation sites (N-methyl/N-ethyl adjacent to an activating group) is 1. The Hall–Kier alpha value is -1.27. The minimum absolute atomic E-state index is 0.109. The van der Waals surface area contributed by atoms with Crippen LogP contribution in [0.5, 0.6) is 0 Å². The maximum atomic E-state index is 12.9. The van der Waals surface area contributed by atoms with E-state index >= 15 is 0 Å². The van der Waals surface area contributed by atoms with Crippen LogP contribution in [0.2, 0.25) is 0 Å². The summed E-state index contributed by atoms with van der Waals surface area (Å²) in [5.41, 5.74) is -0.411. The first-order chi connectivity index (χ1) is 9.43. The van der Waals surface area contributed by atoms with Gasteiger partial charge in [0, 0.05) is 25.4 Å². The Morgan fingerprint density at radius 2 is 1.95 bits per heavy atom. The van der Waals surface area contributed by atoms with Crippen LogP contribution in [0.4, 0.5) is 18.9 Å². The molecule has 0 aromatic heterocycles. The summed E-state index contributed by atoms with van der Waals surface area (Å²) in [4.78, 5) is 1.81. The summed E-state index contributed by atoms with van der Waals surface area (Å²) >= 11 is 0. The molecular weight excluding hydrogens is 271 g/mol. The number of hydrogen-bond donors (Lipinski definition) is 1. The maximum Gasteiger partial charge on any atom is 0.416 e. The first kappa shape index (κ1) is 16.8. The highest BCUT2D eigenvalue weighted by Gasteiger charge is 2.33. The van der Waals surface area contributed by atoms with Crippen molar-refractivity contribution in [2.75, 3.05) is 31.2 Å². The maximum absolute atomic E-state index is 12.9. The number of aliphatic hydroxyl groups excluding tert-OH is 1. The van der Waals surface area contributed by atoms with E-state index in [4.69, 9.17) is 9.84 Å². The molecule has 0 saturated carbocycles. The van der Waals surface area contributed by atoms with Gasteiger partial charge in [0.15, 0.2) is 0 Å². The number of halogens is 3. The lowest BCUT2D eigenvalue weighted by Crippen LogP contribution is -2.27. The third-order valence-electron chi connectivity index (χ3n) is 3.03. The van der Waals surface area contributed by atoms with Crippen LogP contribution in [-0.2, 0) is 17.5 Å². The Kier molecular flexibility index (Phi) is 6.29. The average Bonchev–Trinajstić information content (AvgIpc) is 2.42. The summed E-state index contributed by atoms with van der Waals surface area (Å²) < 4.78 is 44.0. The predicted molar refractivity (Wildman–Crippen MR) is 71.7 cm³/mol. The first-order valence-corrected chi connectivity index (χ1v) is 6.57. The van der Waals surface area contributed by atoms with Crippen molar-refractivity contribution in [2.24, 2.45) is 0 Å². The van der Waals surface area contributed by atoms with Crippen LogP contribution in [-0.4, -0.2) is 31.4 Å². The zero-order chi connectivity index (χ0) is 15.2. The van der Waals surface area contributed by atoms with Crippen LogP contribution in [0.1, 0.15) is 25.0 Å². The lowest BCUT2D eigenvalue weighted by Gasteiger charge is -2.24. The van der Waals surface area contributed by atoms with Crippen LogP contribution >= 0.6 is 0 Å². The Bertz CT molecular complexity index is 421. The molecule has 0 radical (unpaired) electrons. The van der Waals surface area contributed by atoms with Crippen molar-refractivity contribution in [3.05, 3.63) is 29.3 Å². The normalized spacial score (nSPS) is 11.7. The van der Waals surface area contributed by atoms with Crippen LogP contribution in [0.15, 0.2) is 18.2 Å². The molecule has 114 valence electrons. The molecule has 0 unspecified atom stereocenters. The van der Waals surface area contributed by atoms with Crippen molar-refractivity contribution in [3.8, 4) is 0 Å². The summed E-state index contributed by atoms with van der Waals surface area (Å²) in [6.45, 7) is 5.28. The molecule has 0 saturated heterocycles. The lowest BCUT2D eigenvalue weighted by molar-refractivity contribution is -0.138. The van der Waals surface area contributed by atoms with Gasteiger partial charge in [-0.2, -0.15) is 13.2 Å². The van der Waals surface area contributed by atoms with Gasteiger partial charge in [-0.25, -0.2) is 0 Å². The van der Waals surface area contributed by atoms with Crippen molar-refractivity contribution in [2.45, 2.75) is 26.6 Å². The van der Waals surface area contributed by atoms with Gasteiger partial charge < -0.3 is 14.7 Å². The quantitative estimate of drug-likeness (QED) is 0.784. The van der Waals surface area contributed by atoms with Crippen molar-refractivity contribution >= 4 is 5.69 Å². The SMILES string of the molecule is CCOCCN(CC)c1ccc(CO)c(C(F)(F)F)c1. The van der Waals surface area contributed by atoms with Crippen molar-refractivity contribution in [3.63, 3.8) is 0 Å². The second kappa shape index (κ2) is 7.50. The molecular formula is C14H20F3NO2. The van der Waals surface area contributed by atoms with Crippen LogP contribution in [0.25, 0.3) is 0 Å². The van der Waals surface area contributed by atoms with Crippen LogP contribution < -0.4 is 4.90 Å². The molecule has 0 heterocycles. The van der Waals surface area contributed by atoms with Crippen molar-refractivity contribution < 1.29 is 23.0 Å². The Morgan fingerprint density at radius 1 is 1.25 bits per heavy atom. The number of anilines is 1. The predicted octanol–water partition coefficient (Wildman–Crippen LogP) is 3.06. The van der Waals surface area contributed by atoms with E-state index in [1.165, 1.54) is 6.07 Å². The molecule has 3 nitrogen and oxygen atoms in total. The van der Waals surface area contributed by atoms with E-state index in [1.54, 1.807) is 6.07 Å². The standard InChI is InChI=1S/C14H20F3NO2/c1-3-18(7-8-20-4-2)12-6-5-11(10-19)13(9-12)14(15,16)17/h5-6,9,19H,3-4,7-8,10H2,1-2H3. The molecule has 0 atom stereocenters. The van der Waals surface area contributed by atoms with Crippen molar-refractivity contribution in [1.82, 2.24) is 0 Å². The Morgan fingerprint density at radius 3 is 2.45 bits per heavy atom. The third kappa shape index (κ3) is 4.38. The largest absolute Gasteiger partial charge is 0.416 e. The van der Waals surface area contributed by atoms with Gasteiger partial charge in [-0.15, -0.1) is 0 Å². The van der Waals surface area contributed by atoms with Crippen LogP contribution in [0, 0.1) is 0 Å². The van der Waals surface area contributed by atoms with Gasteiger partial charge in [0.1, 0.15) is 0 Å². The highest BCUT2D eigenvalue weighted by Crippen LogP contribution is 2.34. The molecule has 20 heavy (non-hydrogen) atoms. The zero-order valence-electron chi connectivity index (χ0n) is 11.7. The minimum atomic E-state index is -4.46. The second-order valence-electron chi connectivity index (χ2n) is 4.27. The number of benzene rings is 1. The fourth-order valence-electron chi connectivity index (χ4n) is 1.95. The number of nitrogens with zero attached hydrogens (tertiary/aromatic N) is 1. The fourth-order valence-corrected chi connectivity index (χ4v) is 1.95. The summed E-state index contributed by atoms with van der Waals surface area (Å²) in [6.07, 6.45) is -4.46. The molecule has 1 aromatic rings. The first-order valence-electron chi connectivity index (χ1n) is 6.57. The monoisotopic (exact) mass is 291 g/mol. The molecule has 1 N–H and O–H groups in total. The van der Waals surface area contributed by atoms with E-state index in [-0.39, 0.29) is 5.56 Å². The lowest BCUT2D eigenvalue weighted by atomic mass is 10.1. The zero-order valence-corrected chi connectivity index (χ0v) is 11.7. The number of ether oxygens (including phenoxy) is 1.